The van der Waals surface area contributed by atoms with Crippen LogP contribution in [-0.4, -0.2) is 11.5 Å². The minimum atomic E-state index is 0.664. The third kappa shape index (κ3) is 2.43. The number of fused-ring (bicyclic) bond motifs is 1. The first kappa shape index (κ1) is 10.6. The Hall–Kier alpha value is -1.51. The summed E-state index contributed by atoms with van der Waals surface area (Å²) < 4.78 is 5.64. The molecule has 0 amide bonds. The summed E-state index contributed by atoms with van der Waals surface area (Å²) in [5.41, 5.74) is 1.79. The molecule has 0 saturated heterocycles. The molecule has 90 valence electrons. The van der Waals surface area contributed by atoms with Gasteiger partial charge in [0.2, 0.25) is 0 Å². The third-order valence-corrected chi connectivity index (χ3v) is 3.56. The fourth-order valence-electron chi connectivity index (χ4n) is 2.57. The number of rotatable bonds is 3. The van der Waals surface area contributed by atoms with Gasteiger partial charge < -0.3 is 9.73 Å². The highest BCUT2D eigenvalue weighted by Gasteiger charge is 2.14. The van der Waals surface area contributed by atoms with E-state index in [-0.39, 0.29) is 0 Å². The summed E-state index contributed by atoms with van der Waals surface area (Å²) in [6.45, 7) is 0.993. The third-order valence-electron chi connectivity index (χ3n) is 3.56. The van der Waals surface area contributed by atoms with Crippen LogP contribution >= 0.6 is 0 Å². The largest absolute Gasteiger partial charge is 0.424 e. The molecule has 0 aliphatic heterocycles. The van der Waals surface area contributed by atoms with Crippen LogP contribution in [0, 0.1) is 5.92 Å². The highest BCUT2D eigenvalue weighted by Crippen LogP contribution is 2.24. The zero-order chi connectivity index (χ0) is 11.5. The Morgan fingerprint density at radius 2 is 2.00 bits per heavy atom. The zero-order valence-electron chi connectivity index (χ0n) is 9.98. The molecule has 0 radical (unpaired) electrons. The summed E-state index contributed by atoms with van der Waals surface area (Å²) in [7, 11) is 0. The van der Waals surface area contributed by atoms with Crippen molar-refractivity contribution in [3.8, 4) is 0 Å². The van der Waals surface area contributed by atoms with Crippen LogP contribution in [0.15, 0.2) is 28.7 Å². The highest BCUT2D eigenvalue weighted by molar-refractivity contribution is 5.74. The van der Waals surface area contributed by atoms with Crippen LogP contribution < -0.4 is 5.32 Å². The first-order chi connectivity index (χ1) is 8.42. The van der Waals surface area contributed by atoms with Gasteiger partial charge >= 0.3 is 0 Å². The van der Waals surface area contributed by atoms with Gasteiger partial charge in [-0.3, -0.25) is 0 Å². The lowest BCUT2D eigenvalue weighted by Crippen LogP contribution is -2.17. The van der Waals surface area contributed by atoms with Gasteiger partial charge in [-0.1, -0.05) is 31.4 Å². The molecule has 1 N–H and O–H groups in total. The molecular weight excluding hydrogens is 212 g/mol. The second-order valence-electron chi connectivity index (χ2n) is 4.87. The number of hydrogen-bond acceptors (Lipinski definition) is 3. The Kier molecular flexibility index (Phi) is 2.99. The number of oxazole rings is 1. The number of aromatic nitrogens is 1. The first-order valence-corrected chi connectivity index (χ1v) is 6.51. The average Bonchev–Trinajstić information content (AvgIpc) is 2.80. The van der Waals surface area contributed by atoms with E-state index in [1.165, 1.54) is 32.1 Å². The molecule has 1 aromatic heterocycles. The minimum absolute atomic E-state index is 0.664. The van der Waals surface area contributed by atoms with E-state index < -0.39 is 0 Å². The van der Waals surface area contributed by atoms with Crippen molar-refractivity contribution < 1.29 is 4.42 Å². The molecule has 17 heavy (non-hydrogen) atoms. The van der Waals surface area contributed by atoms with Gasteiger partial charge in [0.1, 0.15) is 5.52 Å². The predicted octanol–water partition coefficient (Wildman–Crippen LogP) is 3.82. The molecule has 1 aliphatic carbocycles. The van der Waals surface area contributed by atoms with Gasteiger partial charge in [0.25, 0.3) is 6.01 Å². The van der Waals surface area contributed by atoms with Crippen molar-refractivity contribution in [2.75, 3.05) is 11.9 Å². The van der Waals surface area contributed by atoms with Crippen molar-refractivity contribution in [2.45, 2.75) is 32.1 Å². The normalized spacial score (nSPS) is 17.4. The van der Waals surface area contributed by atoms with Crippen LogP contribution in [0.5, 0.6) is 0 Å². The fraction of sp³-hybridized carbons (Fsp3) is 0.500. The van der Waals surface area contributed by atoms with Gasteiger partial charge in [-0.15, -0.1) is 0 Å². The summed E-state index contributed by atoms with van der Waals surface area (Å²) >= 11 is 0. The predicted molar refractivity (Wildman–Crippen MR) is 69.1 cm³/mol. The molecule has 0 spiro atoms. The molecule has 0 bridgehead atoms. The SMILES string of the molecule is c1ccc2oc(NCC3CCCCC3)nc2c1. The quantitative estimate of drug-likeness (QED) is 0.871. The van der Waals surface area contributed by atoms with Gasteiger partial charge in [-0.2, -0.15) is 4.98 Å². The molecule has 0 atom stereocenters. The molecular formula is C14H18N2O. The molecule has 1 aliphatic rings. The number of benzene rings is 1. The second kappa shape index (κ2) is 4.78. The van der Waals surface area contributed by atoms with E-state index in [2.05, 4.69) is 10.3 Å². The second-order valence-corrected chi connectivity index (χ2v) is 4.87. The zero-order valence-corrected chi connectivity index (χ0v) is 9.98. The Morgan fingerprint density at radius 1 is 1.18 bits per heavy atom. The van der Waals surface area contributed by atoms with Gasteiger partial charge in [0, 0.05) is 6.54 Å². The number of anilines is 1. The highest BCUT2D eigenvalue weighted by atomic mass is 16.4. The first-order valence-electron chi connectivity index (χ1n) is 6.51. The van der Waals surface area contributed by atoms with Crippen LogP contribution in [0.25, 0.3) is 11.1 Å². The number of nitrogens with zero attached hydrogens (tertiary/aromatic N) is 1. The Morgan fingerprint density at radius 3 is 2.82 bits per heavy atom. The van der Waals surface area contributed by atoms with Crippen molar-refractivity contribution in [1.29, 1.82) is 0 Å². The lowest BCUT2D eigenvalue weighted by Gasteiger charge is -2.21. The van der Waals surface area contributed by atoms with E-state index in [0.717, 1.165) is 23.6 Å². The van der Waals surface area contributed by atoms with Crippen molar-refractivity contribution in [2.24, 2.45) is 5.92 Å². The van der Waals surface area contributed by atoms with Crippen molar-refractivity contribution in [3.63, 3.8) is 0 Å². The summed E-state index contributed by atoms with van der Waals surface area (Å²) in [4.78, 5) is 4.42. The Labute approximate surface area is 101 Å². The Balaban J connectivity index is 1.64. The van der Waals surface area contributed by atoms with E-state index in [9.17, 15) is 0 Å². The standard InChI is InChI=1S/C14H18N2O/c1-2-6-11(7-3-1)10-15-14-16-12-8-4-5-9-13(12)17-14/h4-5,8-9,11H,1-3,6-7,10H2,(H,15,16). The van der Waals surface area contributed by atoms with Crippen molar-refractivity contribution in [1.82, 2.24) is 4.98 Å². The van der Waals surface area contributed by atoms with Crippen LogP contribution in [0.3, 0.4) is 0 Å². The molecule has 3 rings (SSSR count). The number of nitrogens with one attached hydrogen (secondary N) is 1. The van der Waals surface area contributed by atoms with E-state index in [1.54, 1.807) is 0 Å². The monoisotopic (exact) mass is 230 g/mol. The maximum atomic E-state index is 5.64. The van der Waals surface area contributed by atoms with Crippen molar-refractivity contribution in [3.05, 3.63) is 24.3 Å². The van der Waals surface area contributed by atoms with E-state index >= 15 is 0 Å². The summed E-state index contributed by atoms with van der Waals surface area (Å²) in [6.07, 6.45) is 6.83. The van der Waals surface area contributed by atoms with Gasteiger partial charge in [0.15, 0.2) is 5.58 Å². The van der Waals surface area contributed by atoms with Gasteiger partial charge in [-0.25, -0.2) is 0 Å². The number of para-hydroxylation sites is 2. The molecule has 1 heterocycles. The van der Waals surface area contributed by atoms with Gasteiger partial charge in [-0.05, 0) is 30.9 Å². The molecule has 1 fully saturated rings. The maximum absolute atomic E-state index is 5.64. The fourth-order valence-corrected chi connectivity index (χ4v) is 2.57. The molecule has 2 aromatic rings. The van der Waals surface area contributed by atoms with Crippen LogP contribution in [0.4, 0.5) is 6.01 Å². The van der Waals surface area contributed by atoms with Crippen molar-refractivity contribution >= 4 is 17.1 Å². The van der Waals surface area contributed by atoms with E-state index in [0.29, 0.717) is 6.01 Å². The summed E-state index contributed by atoms with van der Waals surface area (Å²) in [6, 6.07) is 8.55. The number of hydrogen-bond donors (Lipinski definition) is 1. The van der Waals surface area contributed by atoms with Crippen LogP contribution in [0.2, 0.25) is 0 Å². The molecule has 3 heteroatoms. The molecule has 1 aromatic carbocycles. The van der Waals surface area contributed by atoms with E-state index in [4.69, 9.17) is 4.42 Å². The van der Waals surface area contributed by atoms with Crippen LogP contribution in [0.1, 0.15) is 32.1 Å². The van der Waals surface area contributed by atoms with Gasteiger partial charge in [0.05, 0.1) is 0 Å². The average molecular weight is 230 g/mol. The maximum Gasteiger partial charge on any atom is 0.295 e. The minimum Gasteiger partial charge on any atom is -0.424 e. The van der Waals surface area contributed by atoms with E-state index in [1.807, 2.05) is 24.3 Å². The summed E-state index contributed by atoms with van der Waals surface area (Å²) in [5.74, 6) is 0.791. The lowest BCUT2D eigenvalue weighted by molar-refractivity contribution is 0.371. The lowest BCUT2D eigenvalue weighted by atomic mass is 9.89. The Bertz CT molecular complexity index is 453. The molecule has 0 unspecified atom stereocenters. The topological polar surface area (TPSA) is 38.1 Å². The molecule has 1 saturated carbocycles. The smallest absolute Gasteiger partial charge is 0.295 e. The summed E-state index contributed by atoms with van der Waals surface area (Å²) in [5, 5.41) is 3.33. The molecule has 3 nitrogen and oxygen atoms in total. The van der Waals surface area contributed by atoms with Crippen LogP contribution in [-0.2, 0) is 0 Å².